The van der Waals surface area contributed by atoms with Gasteiger partial charge in [-0.25, -0.2) is 4.79 Å². The van der Waals surface area contributed by atoms with Crippen LogP contribution in [0.4, 0.5) is 4.79 Å². The summed E-state index contributed by atoms with van der Waals surface area (Å²) in [6, 6.07) is 0.778. The average Bonchev–Trinajstić information content (AvgIpc) is 3.01. The number of urea groups is 1. The van der Waals surface area contributed by atoms with Gasteiger partial charge in [0.1, 0.15) is 0 Å². The van der Waals surface area contributed by atoms with E-state index in [-0.39, 0.29) is 6.03 Å². The Labute approximate surface area is 134 Å². The molecule has 22 heavy (non-hydrogen) atoms. The number of carbonyl (C=O) groups is 1. The van der Waals surface area contributed by atoms with Crippen molar-refractivity contribution in [2.24, 2.45) is 11.8 Å². The second-order valence-electron chi connectivity index (χ2n) is 7.31. The molecule has 0 aromatic heterocycles. The van der Waals surface area contributed by atoms with Crippen LogP contribution in [0.25, 0.3) is 0 Å². The van der Waals surface area contributed by atoms with E-state index < -0.39 is 0 Å². The van der Waals surface area contributed by atoms with Crippen LogP contribution in [0.3, 0.4) is 0 Å². The monoisotopic (exact) mass is 309 g/mol. The minimum absolute atomic E-state index is 0.0153. The van der Waals surface area contributed by atoms with Gasteiger partial charge in [-0.3, -0.25) is 4.90 Å². The molecule has 0 radical (unpaired) electrons. The van der Waals surface area contributed by atoms with Gasteiger partial charge in [-0.2, -0.15) is 0 Å². The Balaban J connectivity index is 1.35. The van der Waals surface area contributed by atoms with Gasteiger partial charge >= 0.3 is 6.03 Å². The number of fused-ring (bicyclic) bond motifs is 1. The summed E-state index contributed by atoms with van der Waals surface area (Å²) in [5, 5.41) is 6.25. The lowest BCUT2D eigenvalue weighted by Crippen LogP contribution is -2.50. The molecule has 0 bridgehead atoms. The van der Waals surface area contributed by atoms with E-state index in [1.54, 1.807) is 0 Å². The number of hydrogen-bond acceptors (Lipinski definition) is 3. The van der Waals surface area contributed by atoms with Gasteiger partial charge in [-0.05, 0) is 38.0 Å². The third-order valence-electron chi connectivity index (χ3n) is 5.85. The van der Waals surface area contributed by atoms with E-state index in [4.69, 9.17) is 4.74 Å². The van der Waals surface area contributed by atoms with Gasteiger partial charge in [0.05, 0.1) is 13.2 Å². The highest BCUT2D eigenvalue weighted by molar-refractivity contribution is 5.74. The third-order valence-corrected chi connectivity index (χ3v) is 5.85. The zero-order chi connectivity index (χ0) is 15.4. The summed E-state index contributed by atoms with van der Waals surface area (Å²) >= 11 is 0. The maximum atomic E-state index is 12.1. The molecule has 1 heterocycles. The van der Waals surface area contributed by atoms with E-state index in [0.29, 0.717) is 18.6 Å². The quantitative estimate of drug-likeness (QED) is 0.835. The summed E-state index contributed by atoms with van der Waals surface area (Å²) in [7, 11) is 0. The van der Waals surface area contributed by atoms with Gasteiger partial charge in [0.25, 0.3) is 0 Å². The van der Waals surface area contributed by atoms with Crippen molar-refractivity contribution in [2.75, 3.05) is 32.8 Å². The zero-order valence-corrected chi connectivity index (χ0v) is 13.9. The van der Waals surface area contributed by atoms with Crippen molar-refractivity contribution in [1.29, 1.82) is 0 Å². The van der Waals surface area contributed by atoms with Gasteiger partial charge in [0, 0.05) is 31.7 Å². The van der Waals surface area contributed by atoms with Gasteiger partial charge in [0.15, 0.2) is 0 Å². The normalized spacial score (nSPS) is 34.0. The number of carbonyl (C=O) groups excluding carboxylic acids is 1. The first-order chi connectivity index (χ1) is 10.7. The van der Waals surface area contributed by atoms with Crippen LogP contribution in [0.2, 0.25) is 0 Å². The summed E-state index contributed by atoms with van der Waals surface area (Å²) in [6.45, 7) is 6.44. The van der Waals surface area contributed by atoms with E-state index >= 15 is 0 Å². The summed E-state index contributed by atoms with van der Waals surface area (Å²) in [5.41, 5.74) is 0. The lowest BCUT2D eigenvalue weighted by Gasteiger charge is -2.33. The number of ether oxygens (including phenoxy) is 1. The summed E-state index contributed by atoms with van der Waals surface area (Å²) in [6.07, 6.45) is 7.84. The first-order valence-corrected chi connectivity index (χ1v) is 9.08. The Morgan fingerprint density at radius 2 is 1.95 bits per heavy atom. The highest BCUT2D eigenvalue weighted by atomic mass is 16.5. The van der Waals surface area contributed by atoms with Gasteiger partial charge in [0.2, 0.25) is 0 Å². The minimum atomic E-state index is 0.0153. The average molecular weight is 309 g/mol. The fourth-order valence-electron chi connectivity index (χ4n) is 4.46. The molecule has 4 unspecified atom stereocenters. The van der Waals surface area contributed by atoms with Crippen LogP contribution in [-0.2, 0) is 4.74 Å². The number of rotatable bonds is 4. The second-order valence-corrected chi connectivity index (χ2v) is 7.31. The van der Waals surface area contributed by atoms with Gasteiger partial charge in [-0.1, -0.05) is 19.3 Å². The van der Waals surface area contributed by atoms with Crippen molar-refractivity contribution >= 4 is 6.03 Å². The maximum absolute atomic E-state index is 12.1. The Kier molecular flexibility index (Phi) is 5.58. The number of nitrogens with zero attached hydrogens (tertiary/aromatic N) is 1. The molecule has 3 rings (SSSR count). The lowest BCUT2D eigenvalue weighted by atomic mass is 9.79. The predicted octanol–water partition coefficient (Wildman–Crippen LogP) is 1.98. The van der Waals surface area contributed by atoms with E-state index in [0.717, 1.165) is 44.6 Å². The first kappa shape index (κ1) is 16.1. The molecule has 126 valence electrons. The third kappa shape index (κ3) is 4.13. The van der Waals surface area contributed by atoms with Crippen molar-refractivity contribution in [3.8, 4) is 0 Å². The van der Waals surface area contributed by atoms with Crippen molar-refractivity contribution < 1.29 is 9.53 Å². The molecule has 1 aliphatic heterocycles. The van der Waals surface area contributed by atoms with E-state index in [1.807, 2.05) is 0 Å². The lowest BCUT2D eigenvalue weighted by molar-refractivity contribution is 0.0208. The number of amides is 2. The molecule has 1 saturated heterocycles. The first-order valence-electron chi connectivity index (χ1n) is 9.08. The van der Waals surface area contributed by atoms with E-state index in [9.17, 15) is 4.79 Å². The van der Waals surface area contributed by atoms with Crippen molar-refractivity contribution in [3.05, 3.63) is 0 Å². The van der Waals surface area contributed by atoms with Gasteiger partial charge < -0.3 is 15.4 Å². The SMILES string of the molecule is CC(CNC(=O)NC1CCC2CCCC2C1)N1CCOCC1. The van der Waals surface area contributed by atoms with Crippen molar-refractivity contribution in [1.82, 2.24) is 15.5 Å². The fraction of sp³-hybridized carbons (Fsp3) is 0.941. The van der Waals surface area contributed by atoms with Crippen molar-refractivity contribution in [2.45, 2.75) is 57.5 Å². The highest BCUT2D eigenvalue weighted by Gasteiger charge is 2.34. The largest absolute Gasteiger partial charge is 0.379 e. The van der Waals surface area contributed by atoms with Gasteiger partial charge in [-0.15, -0.1) is 0 Å². The standard InChI is InChI=1S/C17H31N3O2/c1-13(20-7-9-22-10-8-20)12-18-17(21)19-16-6-5-14-3-2-4-15(14)11-16/h13-16H,2-12H2,1H3,(H2,18,19,21). The molecule has 5 nitrogen and oxygen atoms in total. The Morgan fingerprint density at radius 1 is 1.18 bits per heavy atom. The number of morpholine rings is 1. The smallest absolute Gasteiger partial charge is 0.315 e. The topological polar surface area (TPSA) is 53.6 Å². The van der Waals surface area contributed by atoms with Crippen LogP contribution in [0.15, 0.2) is 0 Å². The van der Waals surface area contributed by atoms with E-state index in [1.165, 1.54) is 32.1 Å². The van der Waals surface area contributed by atoms with Crippen LogP contribution in [0.5, 0.6) is 0 Å². The molecule has 2 N–H and O–H groups in total. The van der Waals surface area contributed by atoms with Crippen LogP contribution in [-0.4, -0.2) is 55.9 Å². The number of hydrogen-bond donors (Lipinski definition) is 2. The van der Waals surface area contributed by atoms with E-state index in [2.05, 4.69) is 22.5 Å². The molecule has 3 fully saturated rings. The minimum Gasteiger partial charge on any atom is -0.379 e. The van der Waals surface area contributed by atoms with Crippen molar-refractivity contribution in [3.63, 3.8) is 0 Å². The zero-order valence-electron chi connectivity index (χ0n) is 13.9. The summed E-state index contributed by atoms with van der Waals surface area (Å²) < 4.78 is 5.37. The van der Waals surface area contributed by atoms with Crippen LogP contribution >= 0.6 is 0 Å². The Bertz CT molecular complexity index is 371. The molecular weight excluding hydrogens is 278 g/mol. The molecule has 2 saturated carbocycles. The highest BCUT2D eigenvalue weighted by Crippen LogP contribution is 2.41. The van der Waals surface area contributed by atoms with Crippen LogP contribution < -0.4 is 10.6 Å². The summed E-state index contributed by atoms with van der Waals surface area (Å²) in [4.78, 5) is 14.5. The number of nitrogens with one attached hydrogen (secondary N) is 2. The van der Waals surface area contributed by atoms with Crippen LogP contribution in [0, 0.1) is 11.8 Å². The molecule has 4 atom stereocenters. The molecule has 0 aromatic rings. The molecule has 0 aromatic carbocycles. The predicted molar refractivity (Wildman–Crippen MR) is 86.9 cm³/mol. The fourth-order valence-corrected chi connectivity index (χ4v) is 4.46. The molecule has 5 heteroatoms. The van der Waals surface area contributed by atoms with Crippen LogP contribution in [0.1, 0.15) is 45.4 Å². The second kappa shape index (κ2) is 7.64. The molecule has 0 spiro atoms. The molecule has 2 aliphatic carbocycles. The Morgan fingerprint density at radius 3 is 2.77 bits per heavy atom. The Hall–Kier alpha value is -0.810. The molecule has 3 aliphatic rings. The molecular formula is C17H31N3O2. The molecule has 2 amide bonds. The summed E-state index contributed by atoms with van der Waals surface area (Å²) in [5.74, 6) is 1.81. The maximum Gasteiger partial charge on any atom is 0.315 e.